The number of amidine groups is 1. The molecule has 0 fully saturated rings. The van der Waals surface area contributed by atoms with E-state index in [0.29, 0.717) is 5.57 Å². The van der Waals surface area contributed by atoms with Gasteiger partial charge in [-0.3, -0.25) is 5.41 Å². The first-order chi connectivity index (χ1) is 9.25. The Hall–Kier alpha value is -2.61. The molecule has 94 valence electrons. The summed E-state index contributed by atoms with van der Waals surface area (Å²) in [7, 11) is 0. The molecule has 2 aromatic carbocycles. The van der Waals surface area contributed by atoms with Crippen molar-refractivity contribution >= 4 is 18.0 Å². The minimum atomic E-state index is 0.0658. The molecule has 0 heterocycles. The maximum absolute atomic E-state index is 7.62. The molecule has 0 saturated carbocycles. The number of benzene rings is 2. The van der Waals surface area contributed by atoms with Gasteiger partial charge in [-0.25, -0.2) is 0 Å². The van der Waals surface area contributed by atoms with E-state index >= 15 is 0 Å². The number of hydrogen-bond acceptors (Lipinski definition) is 1. The van der Waals surface area contributed by atoms with Crippen molar-refractivity contribution in [3.05, 3.63) is 83.4 Å². The summed E-state index contributed by atoms with van der Waals surface area (Å²) in [6.45, 7) is 0. The van der Waals surface area contributed by atoms with Gasteiger partial charge in [0.25, 0.3) is 0 Å². The van der Waals surface area contributed by atoms with E-state index in [0.717, 1.165) is 11.1 Å². The molecule has 3 N–H and O–H groups in total. The van der Waals surface area contributed by atoms with Crippen LogP contribution in [0.15, 0.2) is 72.3 Å². The fourth-order valence-corrected chi connectivity index (χ4v) is 1.69. The molecule has 0 unspecified atom stereocenters. The molecule has 19 heavy (non-hydrogen) atoms. The third-order valence-electron chi connectivity index (χ3n) is 2.69. The van der Waals surface area contributed by atoms with E-state index in [-0.39, 0.29) is 5.84 Å². The summed E-state index contributed by atoms with van der Waals surface area (Å²) in [6.07, 6.45) is 5.72. The zero-order valence-corrected chi connectivity index (χ0v) is 10.6. The Kier molecular flexibility index (Phi) is 4.29. The van der Waals surface area contributed by atoms with E-state index in [1.807, 2.05) is 78.9 Å². The van der Waals surface area contributed by atoms with E-state index in [1.54, 1.807) is 0 Å². The number of rotatable bonds is 4. The van der Waals surface area contributed by atoms with E-state index in [9.17, 15) is 0 Å². The van der Waals surface area contributed by atoms with Crippen LogP contribution < -0.4 is 5.73 Å². The molecule has 0 bridgehead atoms. The summed E-state index contributed by atoms with van der Waals surface area (Å²) < 4.78 is 0. The molecule has 0 amide bonds. The SMILES string of the molecule is N=C(N)C(C=Cc1ccccc1)=Cc1ccccc1. The molecule has 2 rings (SSSR count). The van der Waals surface area contributed by atoms with Gasteiger partial charge in [-0.2, -0.15) is 0 Å². The van der Waals surface area contributed by atoms with Gasteiger partial charge in [-0.15, -0.1) is 0 Å². The smallest absolute Gasteiger partial charge is 0.122 e. The lowest BCUT2D eigenvalue weighted by atomic mass is 10.1. The van der Waals surface area contributed by atoms with Crippen LogP contribution in [0.3, 0.4) is 0 Å². The highest BCUT2D eigenvalue weighted by molar-refractivity contribution is 6.02. The van der Waals surface area contributed by atoms with Crippen molar-refractivity contribution in [2.45, 2.75) is 0 Å². The first-order valence-corrected chi connectivity index (χ1v) is 6.10. The molecule has 2 heteroatoms. The standard InChI is InChI=1S/C17H16N2/c18-17(19)16(13-15-9-5-2-6-10-15)12-11-14-7-3-1-4-8-14/h1-13H,(H3,18,19). The van der Waals surface area contributed by atoms with Crippen molar-refractivity contribution in [2.75, 3.05) is 0 Å². The van der Waals surface area contributed by atoms with Gasteiger partial charge in [0.05, 0.1) is 0 Å². The Bertz CT molecular complexity index is 596. The van der Waals surface area contributed by atoms with E-state index < -0.39 is 0 Å². The monoisotopic (exact) mass is 248 g/mol. The summed E-state index contributed by atoms with van der Waals surface area (Å²) in [5.41, 5.74) is 8.43. The lowest BCUT2D eigenvalue weighted by Crippen LogP contribution is -2.11. The highest BCUT2D eigenvalue weighted by Crippen LogP contribution is 2.10. The van der Waals surface area contributed by atoms with Crippen molar-refractivity contribution in [3.8, 4) is 0 Å². The van der Waals surface area contributed by atoms with Crippen LogP contribution in [0, 0.1) is 5.41 Å². The van der Waals surface area contributed by atoms with Crippen molar-refractivity contribution in [3.63, 3.8) is 0 Å². The van der Waals surface area contributed by atoms with Crippen molar-refractivity contribution < 1.29 is 0 Å². The van der Waals surface area contributed by atoms with Gasteiger partial charge in [0.2, 0.25) is 0 Å². The van der Waals surface area contributed by atoms with Crippen LogP contribution >= 0.6 is 0 Å². The van der Waals surface area contributed by atoms with Crippen LogP contribution in [0.4, 0.5) is 0 Å². The average molecular weight is 248 g/mol. The van der Waals surface area contributed by atoms with Crippen LogP contribution in [0.2, 0.25) is 0 Å². The topological polar surface area (TPSA) is 49.9 Å². The van der Waals surface area contributed by atoms with E-state index in [4.69, 9.17) is 11.1 Å². The molecule has 0 aliphatic carbocycles. The quantitative estimate of drug-likeness (QED) is 0.483. The third-order valence-corrected chi connectivity index (χ3v) is 2.69. The third kappa shape index (κ3) is 3.96. The van der Waals surface area contributed by atoms with Crippen LogP contribution in [0.1, 0.15) is 11.1 Å². The molecule has 0 saturated heterocycles. The minimum absolute atomic E-state index is 0.0658. The Balaban J connectivity index is 2.25. The number of nitrogens with two attached hydrogens (primary N) is 1. The first-order valence-electron chi connectivity index (χ1n) is 6.10. The Morgan fingerprint density at radius 3 is 1.89 bits per heavy atom. The van der Waals surface area contributed by atoms with Gasteiger partial charge >= 0.3 is 0 Å². The van der Waals surface area contributed by atoms with Crippen LogP contribution in [0.25, 0.3) is 12.2 Å². The summed E-state index contributed by atoms with van der Waals surface area (Å²) in [6, 6.07) is 19.8. The van der Waals surface area contributed by atoms with Crippen molar-refractivity contribution in [1.82, 2.24) is 0 Å². The fourth-order valence-electron chi connectivity index (χ4n) is 1.69. The molecule has 2 nitrogen and oxygen atoms in total. The predicted octanol–water partition coefficient (Wildman–Crippen LogP) is 3.72. The van der Waals surface area contributed by atoms with Crippen molar-refractivity contribution in [1.29, 1.82) is 5.41 Å². The van der Waals surface area contributed by atoms with E-state index in [1.165, 1.54) is 0 Å². The lowest BCUT2D eigenvalue weighted by molar-refractivity contribution is 1.44. The summed E-state index contributed by atoms with van der Waals surface area (Å²) in [5, 5.41) is 7.62. The molecule has 2 aromatic rings. The molecular formula is C17H16N2. The zero-order valence-electron chi connectivity index (χ0n) is 10.6. The largest absolute Gasteiger partial charge is 0.384 e. The van der Waals surface area contributed by atoms with Crippen LogP contribution in [-0.2, 0) is 0 Å². The summed E-state index contributed by atoms with van der Waals surface area (Å²) in [5.74, 6) is 0.0658. The molecule has 0 radical (unpaired) electrons. The normalized spacial score (nSPS) is 11.7. The molecule has 0 aliphatic rings. The Morgan fingerprint density at radius 1 is 0.842 bits per heavy atom. The van der Waals surface area contributed by atoms with Gasteiger partial charge in [0, 0.05) is 5.57 Å². The van der Waals surface area contributed by atoms with Gasteiger partial charge in [0.1, 0.15) is 5.84 Å². The second-order valence-corrected chi connectivity index (χ2v) is 4.17. The van der Waals surface area contributed by atoms with Gasteiger partial charge in [0.15, 0.2) is 0 Å². The van der Waals surface area contributed by atoms with E-state index in [2.05, 4.69) is 0 Å². The van der Waals surface area contributed by atoms with Gasteiger partial charge in [-0.05, 0) is 17.2 Å². The summed E-state index contributed by atoms with van der Waals surface area (Å²) >= 11 is 0. The van der Waals surface area contributed by atoms with Crippen molar-refractivity contribution in [2.24, 2.45) is 5.73 Å². The molecule has 0 aliphatic heterocycles. The number of nitrogens with one attached hydrogen (secondary N) is 1. The highest BCUT2D eigenvalue weighted by Gasteiger charge is 1.97. The maximum Gasteiger partial charge on any atom is 0.122 e. The lowest BCUT2D eigenvalue weighted by Gasteiger charge is -2.00. The number of hydrogen-bond donors (Lipinski definition) is 2. The molecule has 0 aromatic heterocycles. The second-order valence-electron chi connectivity index (χ2n) is 4.17. The molecule has 0 atom stereocenters. The zero-order chi connectivity index (χ0) is 13.5. The van der Waals surface area contributed by atoms with Gasteiger partial charge < -0.3 is 5.73 Å². The maximum atomic E-state index is 7.62. The van der Waals surface area contributed by atoms with Gasteiger partial charge in [-0.1, -0.05) is 72.8 Å². The van der Waals surface area contributed by atoms with Crippen LogP contribution in [0.5, 0.6) is 0 Å². The molecular weight excluding hydrogens is 232 g/mol. The van der Waals surface area contributed by atoms with Crippen LogP contribution in [-0.4, -0.2) is 5.84 Å². The minimum Gasteiger partial charge on any atom is -0.384 e. The average Bonchev–Trinajstić information content (AvgIpc) is 2.45. The Labute approximate surface area is 113 Å². The fraction of sp³-hybridized carbons (Fsp3) is 0. The second kappa shape index (κ2) is 6.36. The molecule has 0 spiro atoms. The Morgan fingerprint density at radius 2 is 1.37 bits per heavy atom. The summed E-state index contributed by atoms with van der Waals surface area (Å²) in [4.78, 5) is 0. The predicted molar refractivity (Wildman–Crippen MR) is 81.8 cm³/mol. The highest BCUT2D eigenvalue weighted by atomic mass is 14.7. The first kappa shape index (κ1) is 12.8.